The molecule has 1 aromatic rings. The van der Waals surface area contributed by atoms with E-state index in [2.05, 4.69) is 24.8 Å². The number of allylic oxidation sites excluding steroid dienone is 1. The number of benzene rings is 1. The van der Waals surface area contributed by atoms with Crippen molar-refractivity contribution in [1.82, 2.24) is 4.90 Å². The fraction of sp³-hybridized carbons (Fsp3) is 0.654. The first-order valence-corrected chi connectivity index (χ1v) is 12.3. The lowest BCUT2D eigenvalue weighted by molar-refractivity contribution is -0.145. The Morgan fingerprint density at radius 2 is 1.94 bits per heavy atom. The molecule has 3 fully saturated rings. The molecule has 1 N–H and O–H groups in total. The monoisotopic (exact) mass is 478 g/mol. The van der Waals surface area contributed by atoms with Crippen molar-refractivity contribution < 1.29 is 27.8 Å². The summed E-state index contributed by atoms with van der Waals surface area (Å²) < 4.78 is 45.0. The molecular weight excluding hydrogens is 445 g/mol. The van der Waals surface area contributed by atoms with E-state index in [0.29, 0.717) is 50.7 Å². The third-order valence-electron chi connectivity index (χ3n) is 8.94. The summed E-state index contributed by atoms with van der Waals surface area (Å²) in [6.45, 7) is 7.30. The highest BCUT2D eigenvalue weighted by Gasteiger charge is 2.59. The summed E-state index contributed by atoms with van der Waals surface area (Å²) >= 11 is 0. The molecule has 0 radical (unpaired) electrons. The van der Waals surface area contributed by atoms with E-state index in [1.165, 1.54) is 17.7 Å². The summed E-state index contributed by atoms with van der Waals surface area (Å²) in [6.07, 6.45) is -0.296. The standard InChI is InChI=1S/C26H33F3N2O3/c1-16-5-3-6-17-14-21-22(23(32)25(16,17)2)20(24(33)34-21)15-30-9-11-31(12-10-30)19-8-4-7-18(13-19)26(27,28)29/h4,6-8,13,16,20-23,32H,3,5,9-12,14-15H2,1-2H3/t16-,20+,21+,22-,23+,25+/m0/s1. The second-order valence-electron chi connectivity index (χ2n) is 10.6. The molecule has 0 unspecified atom stereocenters. The molecule has 6 atom stereocenters. The van der Waals surface area contributed by atoms with Crippen molar-refractivity contribution in [2.24, 2.45) is 23.2 Å². The zero-order valence-corrected chi connectivity index (χ0v) is 19.7. The van der Waals surface area contributed by atoms with Crippen molar-refractivity contribution in [2.75, 3.05) is 37.6 Å². The molecular formula is C26H33F3N2O3. The maximum atomic E-state index is 13.1. The van der Waals surface area contributed by atoms with Gasteiger partial charge in [-0.25, -0.2) is 0 Å². The number of aliphatic hydroxyl groups excluding tert-OH is 1. The molecule has 8 heteroatoms. The summed E-state index contributed by atoms with van der Waals surface area (Å²) in [5.41, 5.74) is 0.824. The van der Waals surface area contributed by atoms with E-state index in [-0.39, 0.29) is 29.3 Å². The van der Waals surface area contributed by atoms with E-state index in [1.54, 1.807) is 6.07 Å². The molecule has 1 aromatic carbocycles. The first-order valence-electron chi connectivity index (χ1n) is 12.3. The Kier molecular flexibility index (Phi) is 5.96. The Labute approximate surface area is 198 Å². The first kappa shape index (κ1) is 23.7. The number of nitrogens with zero attached hydrogens (tertiary/aromatic N) is 2. The minimum Gasteiger partial charge on any atom is -0.461 e. The Hall–Kier alpha value is -2.06. The summed E-state index contributed by atoms with van der Waals surface area (Å²) in [5.74, 6) is -0.495. The van der Waals surface area contributed by atoms with Gasteiger partial charge in [-0.3, -0.25) is 9.69 Å². The molecule has 5 rings (SSSR count). The van der Waals surface area contributed by atoms with Crippen molar-refractivity contribution in [1.29, 1.82) is 0 Å². The van der Waals surface area contributed by atoms with Gasteiger partial charge in [-0.05, 0) is 37.0 Å². The lowest BCUT2D eigenvalue weighted by Gasteiger charge is -2.52. The molecule has 2 saturated heterocycles. The van der Waals surface area contributed by atoms with Crippen molar-refractivity contribution in [3.05, 3.63) is 41.5 Å². The van der Waals surface area contributed by atoms with Crippen LogP contribution in [0.1, 0.15) is 38.7 Å². The Morgan fingerprint density at radius 1 is 1.21 bits per heavy atom. The molecule has 1 saturated carbocycles. The second-order valence-corrected chi connectivity index (χ2v) is 10.6. The number of aliphatic hydroxyl groups is 1. The third-order valence-corrected chi connectivity index (χ3v) is 8.94. The highest BCUT2D eigenvalue weighted by atomic mass is 19.4. The van der Waals surface area contributed by atoms with Crippen LogP contribution in [0.5, 0.6) is 0 Å². The number of rotatable bonds is 3. The van der Waals surface area contributed by atoms with Crippen LogP contribution < -0.4 is 4.90 Å². The first-order chi connectivity index (χ1) is 16.1. The summed E-state index contributed by atoms with van der Waals surface area (Å²) in [5, 5.41) is 11.5. The zero-order valence-electron chi connectivity index (χ0n) is 19.7. The Bertz CT molecular complexity index is 972. The predicted octanol–water partition coefficient (Wildman–Crippen LogP) is 4.11. The number of carbonyl (C=O) groups excluding carboxylic acids is 1. The van der Waals surface area contributed by atoms with Gasteiger partial charge in [0.15, 0.2) is 0 Å². The number of esters is 1. The molecule has 2 aliphatic carbocycles. The van der Waals surface area contributed by atoms with Crippen LogP contribution in [-0.2, 0) is 15.7 Å². The maximum Gasteiger partial charge on any atom is 0.416 e. The molecule has 2 aliphatic heterocycles. The van der Waals surface area contributed by atoms with Gasteiger partial charge in [0, 0.05) is 56.2 Å². The number of alkyl halides is 3. The molecule has 0 spiro atoms. The van der Waals surface area contributed by atoms with Crippen molar-refractivity contribution in [3.63, 3.8) is 0 Å². The molecule has 4 aliphatic rings. The highest BCUT2D eigenvalue weighted by molar-refractivity contribution is 5.76. The molecule has 0 bridgehead atoms. The molecule has 186 valence electrons. The average molecular weight is 479 g/mol. The molecule has 5 nitrogen and oxygen atoms in total. The van der Waals surface area contributed by atoms with Crippen LogP contribution in [0, 0.1) is 23.2 Å². The average Bonchev–Trinajstić information content (AvgIpc) is 3.11. The van der Waals surface area contributed by atoms with Gasteiger partial charge in [0.05, 0.1) is 17.6 Å². The van der Waals surface area contributed by atoms with Crippen molar-refractivity contribution >= 4 is 11.7 Å². The van der Waals surface area contributed by atoms with Crippen LogP contribution in [0.4, 0.5) is 18.9 Å². The predicted molar refractivity (Wildman–Crippen MR) is 122 cm³/mol. The van der Waals surface area contributed by atoms with Crippen LogP contribution >= 0.6 is 0 Å². The molecule has 0 amide bonds. The lowest BCUT2D eigenvalue weighted by Crippen LogP contribution is -2.55. The minimum absolute atomic E-state index is 0.225. The number of ether oxygens (including phenoxy) is 1. The fourth-order valence-corrected chi connectivity index (χ4v) is 6.62. The maximum absolute atomic E-state index is 13.1. The number of hydrogen-bond acceptors (Lipinski definition) is 5. The van der Waals surface area contributed by atoms with E-state index in [0.717, 1.165) is 18.9 Å². The topological polar surface area (TPSA) is 53.0 Å². The largest absolute Gasteiger partial charge is 0.461 e. The van der Waals surface area contributed by atoms with Crippen LogP contribution in [-0.4, -0.2) is 60.9 Å². The Balaban J connectivity index is 1.26. The number of halogens is 3. The van der Waals surface area contributed by atoms with Crippen LogP contribution in [0.15, 0.2) is 35.9 Å². The summed E-state index contributed by atoms with van der Waals surface area (Å²) in [6, 6.07) is 5.44. The molecule has 34 heavy (non-hydrogen) atoms. The van der Waals surface area contributed by atoms with E-state index < -0.39 is 17.8 Å². The molecule has 0 aromatic heterocycles. The van der Waals surface area contributed by atoms with Crippen LogP contribution in [0.3, 0.4) is 0 Å². The number of hydrogen-bond donors (Lipinski definition) is 1. The fourth-order valence-electron chi connectivity index (χ4n) is 6.62. The van der Waals surface area contributed by atoms with Gasteiger partial charge < -0.3 is 14.7 Å². The van der Waals surface area contributed by atoms with E-state index >= 15 is 0 Å². The van der Waals surface area contributed by atoms with E-state index in [9.17, 15) is 23.1 Å². The SMILES string of the molecule is C[C@H]1CCC=C2C[C@H]3OC(=O)[C@H](CN4CCN(c5cccc(C(F)(F)F)c5)CC4)[C@@H]3[C@@H](O)[C@@]21C. The number of carbonyl (C=O) groups is 1. The minimum atomic E-state index is -4.36. The van der Waals surface area contributed by atoms with E-state index in [1.807, 2.05) is 4.90 Å². The number of anilines is 1. The number of piperazine rings is 1. The Morgan fingerprint density at radius 3 is 2.65 bits per heavy atom. The van der Waals surface area contributed by atoms with Gasteiger partial charge in [0.1, 0.15) is 6.10 Å². The third kappa shape index (κ3) is 3.92. The van der Waals surface area contributed by atoms with Crippen LogP contribution in [0.2, 0.25) is 0 Å². The second kappa shape index (κ2) is 8.55. The summed E-state index contributed by atoms with van der Waals surface area (Å²) in [4.78, 5) is 17.0. The van der Waals surface area contributed by atoms with Gasteiger partial charge in [-0.1, -0.05) is 31.6 Å². The van der Waals surface area contributed by atoms with Gasteiger partial charge in [-0.15, -0.1) is 0 Å². The van der Waals surface area contributed by atoms with Crippen molar-refractivity contribution in [2.45, 2.75) is 51.5 Å². The van der Waals surface area contributed by atoms with Gasteiger partial charge in [0.2, 0.25) is 0 Å². The highest BCUT2D eigenvalue weighted by Crippen LogP contribution is 2.56. The normalized spacial score (nSPS) is 36.5. The van der Waals surface area contributed by atoms with Gasteiger partial charge in [-0.2, -0.15) is 13.2 Å². The van der Waals surface area contributed by atoms with Gasteiger partial charge >= 0.3 is 12.1 Å². The lowest BCUT2D eigenvalue weighted by atomic mass is 9.55. The quantitative estimate of drug-likeness (QED) is 0.524. The zero-order chi connectivity index (χ0) is 24.3. The van der Waals surface area contributed by atoms with Crippen molar-refractivity contribution in [3.8, 4) is 0 Å². The van der Waals surface area contributed by atoms with Crippen LogP contribution in [0.25, 0.3) is 0 Å². The summed E-state index contributed by atoms with van der Waals surface area (Å²) in [7, 11) is 0. The smallest absolute Gasteiger partial charge is 0.416 e. The number of fused-ring (bicyclic) bond motifs is 2. The van der Waals surface area contributed by atoms with Gasteiger partial charge in [0.25, 0.3) is 0 Å². The molecule has 2 heterocycles. The van der Waals surface area contributed by atoms with E-state index in [4.69, 9.17) is 4.74 Å².